The normalized spacial score (nSPS) is 11.8. The third-order valence-electron chi connectivity index (χ3n) is 4.03. The average Bonchev–Trinajstić information content (AvgIpc) is 2.64. The van der Waals surface area contributed by atoms with Crippen molar-refractivity contribution in [2.24, 2.45) is 0 Å². The molecule has 0 saturated heterocycles. The van der Waals surface area contributed by atoms with Crippen LogP contribution in [0, 0.1) is 0 Å². The molecule has 24 heavy (non-hydrogen) atoms. The van der Waals surface area contributed by atoms with Gasteiger partial charge in [0.2, 0.25) is 0 Å². The highest BCUT2D eigenvalue weighted by molar-refractivity contribution is 6.09. The molecule has 0 amide bonds. The molecule has 2 rings (SSSR count). The zero-order valence-electron chi connectivity index (χ0n) is 14.3. The topological polar surface area (TPSA) is 43.4 Å². The molecule has 2 aromatic rings. The first kappa shape index (κ1) is 17.9. The van der Waals surface area contributed by atoms with Crippen LogP contribution in [0.25, 0.3) is 0 Å². The summed E-state index contributed by atoms with van der Waals surface area (Å²) >= 11 is 0. The maximum absolute atomic E-state index is 12.5. The largest absolute Gasteiger partial charge is 0.465 e. The molecule has 0 saturated carbocycles. The predicted octanol–water partition coefficient (Wildman–Crippen LogP) is 4.75. The van der Waals surface area contributed by atoms with Crippen molar-refractivity contribution >= 4 is 11.8 Å². The fourth-order valence-electron chi connectivity index (χ4n) is 2.49. The van der Waals surface area contributed by atoms with Crippen molar-refractivity contribution in [3.8, 4) is 0 Å². The van der Waals surface area contributed by atoms with Crippen molar-refractivity contribution < 1.29 is 14.3 Å². The van der Waals surface area contributed by atoms with Crippen LogP contribution < -0.4 is 0 Å². The van der Waals surface area contributed by atoms with Crippen LogP contribution in [0.3, 0.4) is 0 Å². The predicted molar refractivity (Wildman–Crippen MR) is 95.2 cm³/mol. The van der Waals surface area contributed by atoms with Crippen LogP contribution in [0.4, 0.5) is 0 Å². The molecule has 1 unspecified atom stereocenters. The molecule has 2 aromatic carbocycles. The third kappa shape index (κ3) is 4.79. The van der Waals surface area contributed by atoms with Gasteiger partial charge in [0.05, 0.1) is 12.5 Å². The second-order valence-corrected chi connectivity index (χ2v) is 5.92. The van der Waals surface area contributed by atoms with Crippen molar-refractivity contribution in [2.75, 3.05) is 6.61 Å². The van der Waals surface area contributed by atoms with Gasteiger partial charge >= 0.3 is 5.97 Å². The molecular weight excluding hydrogens is 300 g/mol. The second kappa shape index (κ2) is 9.02. The Balaban J connectivity index is 2.06. The van der Waals surface area contributed by atoms with Gasteiger partial charge in [0, 0.05) is 11.1 Å². The number of carbonyl (C=O) groups is 2. The summed E-state index contributed by atoms with van der Waals surface area (Å²) in [6.45, 7) is 4.38. The van der Waals surface area contributed by atoms with E-state index in [-0.39, 0.29) is 17.7 Å². The molecule has 3 nitrogen and oxygen atoms in total. The zero-order valence-corrected chi connectivity index (χ0v) is 14.3. The number of ether oxygens (including phenoxy) is 1. The number of hydrogen-bond acceptors (Lipinski definition) is 3. The summed E-state index contributed by atoms with van der Waals surface area (Å²) < 4.78 is 5.32. The molecule has 0 aromatic heterocycles. The van der Waals surface area contributed by atoms with Crippen molar-refractivity contribution in [1.82, 2.24) is 0 Å². The summed E-state index contributed by atoms with van der Waals surface area (Å²) in [7, 11) is 0. The van der Waals surface area contributed by atoms with E-state index >= 15 is 0 Å². The number of hydrogen-bond donors (Lipinski definition) is 0. The molecule has 0 aliphatic carbocycles. The van der Waals surface area contributed by atoms with Gasteiger partial charge in [0.15, 0.2) is 5.78 Å². The summed E-state index contributed by atoms with van der Waals surface area (Å²) in [6.07, 6.45) is 3.04. The van der Waals surface area contributed by atoms with E-state index in [1.165, 1.54) is 0 Å². The Morgan fingerprint density at radius 3 is 2.38 bits per heavy atom. The smallest absolute Gasteiger partial charge is 0.313 e. The van der Waals surface area contributed by atoms with Gasteiger partial charge < -0.3 is 4.74 Å². The van der Waals surface area contributed by atoms with Gasteiger partial charge in [-0.05, 0) is 25.0 Å². The van der Waals surface area contributed by atoms with Crippen molar-refractivity contribution in [2.45, 2.75) is 39.0 Å². The van der Waals surface area contributed by atoms with Crippen molar-refractivity contribution in [3.63, 3.8) is 0 Å². The molecular formula is C21H24O3. The highest BCUT2D eigenvalue weighted by Crippen LogP contribution is 2.20. The first-order chi connectivity index (χ1) is 11.6. The van der Waals surface area contributed by atoms with Gasteiger partial charge in [-0.3, -0.25) is 9.59 Å². The lowest BCUT2D eigenvalue weighted by molar-refractivity contribution is -0.145. The Morgan fingerprint density at radius 2 is 1.67 bits per heavy atom. The molecule has 0 bridgehead atoms. The number of esters is 1. The molecule has 0 radical (unpaired) electrons. The molecule has 3 heteroatoms. The molecule has 0 aliphatic rings. The fraction of sp³-hybridized carbons (Fsp3) is 0.333. The minimum absolute atomic E-state index is 0.0408. The Morgan fingerprint density at radius 1 is 0.958 bits per heavy atom. The molecule has 0 spiro atoms. The van der Waals surface area contributed by atoms with Gasteiger partial charge in [-0.2, -0.15) is 0 Å². The van der Waals surface area contributed by atoms with E-state index in [4.69, 9.17) is 4.74 Å². The zero-order chi connectivity index (χ0) is 17.4. The minimum Gasteiger partial charge on any atom is -0.465 e. The van der Waals surface area contributed by atoms with Crippen LogP contribution in [0.2, 0.25) is 0 Å². The quantitative estimate of drug-likeness (QED) is 0.400. The molecule has 1 atom stereocenters. The van der Waals surface area contributed by atoms with Gasteiger partial charge in [0.25, 0.3) is 0 Å². The second-order valence-electron chi connectivity index (χ2n) is 5.92. The Labute approximate surface area is 143 Å². The standard InChI is InChI=1S/C21H24O3/c1-3-4-8-14-24-21(23)16(2)18-12-9-13-19(15-18)20(22)17-10-6-5-7-11-17/h5-7,9-13,15-16H,3-4,8,14H2,1-2H3. The van der Waals surface area contributed by atoms with E-state index in [0.717, 1.165) is 24.8 Å². The highest BCUT2D eigenvalue weighted by atomic mass is 16.5. The molecule has 0 aliphatic heterocycles. The van der Waals surface area contributed by atoms with Crippen LogP contribution in [-0.4, -0.2) is 18.4 Å². The molecule has 0 heterocycles. The van der Waals surface area contributed by atoms with E-state index in [2.05, 4.69) is 6.92 Å². The Bertz CT molecular complexity index is 676. The van der Waals surface area contributed by atoms with Crippen LogP contribution in [-0.2, 0) is 9.53 Å². The van der Waals surface area contributed by atoms with E-state index < -0.39 is 0 Å². The summed E-state index contributed by atoms with van der Waals surface area (Å²) in [4.78, 5) is 24.7. The maximum atomic E-state index is 12.5. The van der Waals surface area contributed by atoms with Crippen LogP contribution >= 0.6 is 0 Å². The average molecular weight is 324 g/mol. The highest BCUT2D eigenvalue weighted by Gasteiger charge is 2.18. The van der Waals surface area contributed by atoms with Crippen LogP contribution in [0.5, 0.6) is 0 Å². The fourth-order valence-corrected chi connectivity index (χ4v) is 2.49. The van der Waals surface area contributed by atoms with Gasteiger partial charge in [-0.25, -0.2) is 0 Å². The number of rotatable bonds is 8. The van der Waals surface area contributed by atoms with Crippen molar-refractivity contribution in [3.05, 3.63) is 71.3 Å². The van der Waals surface area contributed by atoms with Gasteiger partial charge in [0.1, 0.15) is 0 Å². The number of carbonyl (C=O) groups excluding carboxylic acids is 2. The van der Waals surface area contributed by atoms with Gasteiger partial charge in [-0.1, -0.05) is 68.3 Å². The summed E-state index contributed by atoms with van der Waals surface area (Å²) in [5.74, 6) is -0.661. The van der Waals surface area contributed by atoms with Gasteiger partial charge in [-0.15, -0.1) is 0 Å². The third-order valence-corrected chi connectivity index (χ3v) is 4.03. The molecule has 0 N–H and O–H groups in total. The van der Waals surface area contributed by atoms with Crippen LogP contribution in [0.15, 0.2) is 54.6 Å². The lowest BCUT2D eigenvalue weighted by Crippen LogP contribution is -2.14. The lowest BCUT2D eigenvalue weighted by atomic mass is 9.96. The Kier molecular flexibility index (Phi) is 6.74. The number of ketones is 1. The number of benzene rings is 2. The number of unbranched alkanes of at least 4 members (excludes halogenated alkanes) is 2. The first-order valence-electron chi connectivity index (χ1n) is 8.49. The summed E-state index contributed by atoms with van der Waals surface area (Å²) in [5.41, 5.74) is 2.03. The van der Waals surface area contributed by atoms with Crippen molar-refractivity contribution in [1.29, 1.82) is 0 Å². The summed E-state index contributed by atoms with van der Waals surface area (Å²) in [5, 5.41) is 0. The monoisotopic (exact) mass is 324 g/mol. The van der Waals surface area contributed by atoms with E-state index in [1.54, 1.807) is 24.3 Å². The molecule has 126 valence electrons. The first-order valence-corrected chi connectivity index (χ1v) is 8.49. The van der Waals surface area contributed by atoms with E-state index in [0.29, 0.717) is 17.7 Å². The maximum Gasteiger partial charge on any atom is 0.313 e. The minimum atomic E-state index is -0.379. The Hall–Kier alpha value is -2.42. The summed E-state index contributed by atoms with van der Waals surface area (Å²) in [6, 6.07) is 16.4. The molecule has 0 fully saturated rings. The van der Waals surface area contributed by atoms with Crippen LogP contribution in [0.1, 0.15) is 60.5 Å². The lowest BCUT2D eigenvalue weighted by Gasteiger charge is -2.13. The van der Waals surface area contributed by atoms with E-state index in [9.17, 15) is 9.59 Å². The SMILES string of the molecule is CCCCCOC(=O)C(C)c1cccc(C(=O)c2ccccc2)c1. The van der Waals surface area contributed by atoms with E-state index in [1.807, 2.05) is 37.3 Å².